The number of esters is 1. The second kappa shape index (κ2) is 16.8. The number of nitrogens with one attached hydrogen (secondary N) is 1. The Balaban J connectivity index is 2.77. The summed E-state index contributed by atoms with van der Waals surface area (Å²) in [5.41, 5.74) is 2.39. The van der Waals surface area contributed by atoms with E-state index in [9.17, 15) is 14.7 Å². The maximum atomic E-state index is 12.2. The first-order valence-corrected chi connectivity index (χ1v) is 11.5. The standard InChI is InChI=1S/C26H39NO8/c1-7-22(28)24(34-14-19(4)5)23(33-13-18(2)3)17-32-16-21(25(29)31-6)27-26(30)35-15-20-11-9-8-10-12-20/h8-12,21-24,28H,2,4,7,13-17H2,1,3,5-6H3,(H,27,30)/t21?,22-,23+,24+/m1/s1. The van der Waals surface area contributed by atoms with Crippen LogP contribution in [0.25, 0.3) is 0 Å². The maximum absolute atomic E-state index is 12.2. The zero-order valence-corrected chi connectivity index (χ0v) is 21.2. The van der Waals surface area contributed by atoms with Gasteiger partial charge in [0.15, 0.2) is 6.04 Å². The Morgan fingerprint density at radius 3 is 2.23 bits per heavy atom. The highest BCUT2D eigenvalue weighted by Gasteiger charge is 2.31. The van der Waals surface area contributed by atoms with Crippen LogP contribution in [0.15, 0.2) is 54.6 Å². The molecule has 0 saturated carbocycles. The molecule has 0 bridgehead atoms. The number of alkyl carbamates (subject to hydrolysis) is 1. The van der Waals surface area contributed by atoms with E-state index in [4.69, 9.17) is 23.7 Å². The molecule has 0 aromatic heterocycles. The molecule has 0 aliphatic heterocycles. The van der Waals surface area contributed by atoms with Gasteiger partial charge in [0.2, 0.25) is 0 Å². The number of rotatable bonds is 17. The van der Waals surface area contributed by atoms with Gasteiger partial charge in [-0.05, 0) is 25.8 Å². The number of hydrogen-bond donors (Lipinski definition) is 2. The fourth-order valence-corrected chi connectivity index (χ4v) is 2.94. The smallest absolute Gasteiger partial charge is 0.408 e. The molecule has 1 amide bonds. The molecule has 0 heterocycles. The number of carbonyl (C=O) groups is 2. The summed E-state index contributed by atoms with van der Waals surface area (Å²) in [7, 11) is 1.21. The summed E-state index contributed by atoms with van der Waals surface area (Å²) in [6, 6.07) is 8.05. The summed E-state index contributed by atoms with van der Waals surface area (Å²) in [5.74, 6) is -0.690. The molecule has 0 spiro atoms. The molecule has 0 fully saturated rings. The fraction of sp³-hybridized carbons (Fsp3) is 0.538. The molecular weight excluding hydrogens is 454 g/mol. The number of amides is 1. The minimum atomic E-state index is -1.10. The molecule has 1 rings (SSSR count). The van der Waals surface area contributed by atoms with E-state index in [1.807, 2.05) is 51.1 Å². The van der Waals surface area contributed by atoms with Crippen molar-refractivity contribution < 1.29 is 38.4 Å². The van der Waals surface area contributed by atoms with Gasteiger partial charge in [0.1, 0.15) is 18.8 Å². The van der Waals surface area contributed by atoms with E-state index >= 15 is 0 Å². The van der Waals surface area contributed by atoms with E-state index in [-0.39, 0.29) is 33.0 Å². The lowest BCUT2D eigenvalue weighted by molar-refractivity contribution is -0.149. The van der Waals surface area contributed by atoms with Crippen molar-refractivity contribution in [3.63, 3.8) is 0 Å². The molecule has 0 aliphatic carbocycles. The minimum Gasteiger partial charge on any atom is -0.467 e. The third-order valence-electron chi connectivity index (χ3n) is 4.79. The largest absolute Gasteiger partial charge is 0.467 e. The van der Waals surface area contributed by atoms with Gasteiger partial charge in [-0.15, -0.1) is 0 Å². The molecule has 1 aromatic carbocycles. The highest BCUT2D eigenvalue weighted by atomic mass is 16.6. The Bertz CT molecular complexity index is 798. The molecule has 35 heavy (non-hydrogen) atoms. The van der Waals surface area contributed by atoms with Gasteiger partial charge >= 0.3 is 12.1 Å². The number of aliphatic hydroxyl groups excluding tert-OH is 1. The molecule has 0 aliphatic rings. The molecule has 196 valence electrons. The van der Waals surface area contributed by atoms with Crippen LogP contribution in [-0.2, 0) is 35.1 Å². The molecule has 1 unspecified atom stereocenters. The first-order chi connectivity index (χ1) is 16.7. The molecule has 4 atom stereocenters. The molecule has 0 saturated heterocycles. The number of aliphatic hydroxyl groups is 1. The Morgan fingerprint density at radius 2 is 1.66 bits per heavy atom. The lowest BCUT2D eigenvalue weighted by atomic mass is 10.1. The van der Waals surface area contributed by atoms with Crippen LogP contribution in [0.4, 0.5) is 4.79 Å². The van der Waals surface area contributed by atoms with Crippen molar-refractivity contribution in [2.45, 2.75) is 58.2 Å². The quantitative estimate of drug-likeness (QED) is 0.251. The summed E-state index contributed by atoms with van der Waals surface area (Å²) in [5, 5.41) is 13.0. The van der Waals surface area contributed by atoms with Crippen LogP contribution in [0.5, 0.6) is 0 Å². The van der Waals surface area contributed by atoms with Crippen LogP contribution in [0.3, 0.4) is 0 Å². The van der Waals surface area contributed by atoms with Gasteiger partial charge < -0.3 is 34.1 Å². The van der Waals surface area contributed by atoms with E-state index in [0.29, 0.717) is 6.42 Å². The average Bonchev–Trinajstić information content (AvgIpc) is 2.84. The zero-order valence-electron chi connectivity index (χ0n) is 21.2. The van der Waals surface area contributed by atoms with Gasteiger partial charge in [-0.3, -0.25) is 0 Å². The monoisotopic (exact) mass is 493 g/mol. The normalized spacial score (nSPS) is 14.3. The Kier molecular flexibility index (Phi) is 14.6. The van der Waals surface area contributed by atoms with Crippen LogP contribution >= 0.6 is 0 Å². The molecule has 1 aromatic rings. The number of methoxy groups -OCH3 is 1. The van der Waals surface area contributed by atoms with Crippen LogP contribution in [0.1, 0.15) is 32.8 Å². The van der Waals surface area contributed by atoms with E-state index in [1.54, 1.807) is 0 Å². The lowest BCUT2D eigenvalue weighted by Gasteiger charge is -2.31. The topological polar surface area (TPSA) is 113 Å². The summed E-state index contributed by atoms with van der Waals surface area (Å²) in [4.78, 5) is 24.4. The number of benzene rings is 1. The van der Waals surface area contributed by atoms with Gasteiger partial charge in [-0.1, -0.05) is 61.6 Å². The minimum absolute atomic E-state index is 0.0145. The highest BCUT2D eigenvalue weighted by molar-refractivity contribution is 5.81. The SMILES string of the molecule is C=C(C)CO[C@@H]([C@H](O)CC)[C@H](COCC(NC(=O)OCc1ccccc1)C(=O)OC)OCC(=C)C. The van der Waals surface area contributed by atoms with Crippen molar-refractivity contribution in [1.29, 1.82) is 0 Å². The fourth-order valence-electron chi connectivity index (χ4n) is 2.94. The van der Waals surface area contributed by atoms with Gasteiger partial charge in [-0.25, -0.2) is 9.59 Å². The van der Waals surface area contributed by atoms with Crippen molar-refractivity contribution >= 4 is 12.1 Å². The van der Waals surface area contributed by atoms with Crippen molar-refractivity contribution in [1.82, 2.24) is 5.32 Å². The molecule has 9 nitrogen and oxygen atoms in total. The second-order valence-corrected chi connectivity index (χ2v) is 8.33. The maximum Gasteiger partial charge on any atom is 0.408 e. The predicted octanol–water partition coefficient (Wildman–Crippen LogP) is 3.16. The van der Waals surface area contributed by atoms with Gasteiger partial charge in [0, 0.05) is 0 Å². The van der Waals surface area contributed by atoms with Crippen molar-refractivity contribution in [3.05, 3.63) is 60.2 Å². The van der Waals surface area contributed by atoms with E-state index in [1.165, 1.54) is 7.11 Å². The van der Waals surface area contributed by atoms with E-state index < -0.39 is 36.4 Å². The summed E-state index contributed by atoms with van der Waals surface area (Å²) >= 11 is 0. The van der Waals surface area contributed by atoms with Crippen molar-refractivity contribution in [3.8, 4) is 0 Å². The molecular formula is C26H39NO8. The Morgan fingerprint density at radius 1 is 1.03 bits per heavy atom. The number of ether oxygens (including phenoxy) is 5. The van der Waals surface area contributed by atoms with Crippen LogP contribution < -0.4 is 5.32 Å². The number of hydrogen-bond acceptors (Lipinski definition) is 8. The number of carbonyl (C=O) groups excluding carboxylic acids is 2. The lowest BCUT2D eigenvalue weighted by Crippen LogP contribution is -2.47. The average molecular weight is 494 g/mol. The Hall–Kier alpha value is -2.72. The first kappa shape index (κ1) is 30.3. The molecule has 9 heteroatoms. The van der Waals surface area contributed by atoms with Gasteiger partial charge in [-0.2, -0.15) is 0 Å². The van der Waals surface area contributed by atoms with Crippen molar-refractivity contribution in [2.75, 3.05) is 33.5 Å². The van der Waals surface area contributed by atoms with Crippen LogP contribution in [0.2, 0.25) is 0 Å². The van der Waals surface area contributed by atoms with E-state index in [0.717, 1.165) is 16.7 Å². The van der Waals surface area contributed by atoms with E-state index in [2.05, 4.69) is 18.5 Å². The highest BCUT2D eigenvalue weighted by Crippen LogP contribution is 2.15. The molecule has 2 N–H and O–H groups in total. The second-order valence-electron chi connectivity index (χ2n) is 8.33. The summed E-state index contributed by atoms with van der Waals surface area (Å²) < 4.78 is 27.4. The Labute approximate surface area is 208 Å². The summed E-state index contributed by atoms with van der Waals surface area (Å²) in [6.45, 7) is 13.4. The van der Waals surface area contributed by atoms with Crippen molar-refractivity contribution in [2.24, 2.45) is 0 Å². The summed E-state index contributed by atoms with van der Waals surface area (Å²) in [6.07, 6.45) is -2.52. The first-order valence-electron chi connectivity index (χ1n) is 11.5. The van der Waals surface area contributed by atoms with Gasteiger partial charge in [0.25, 0.3) is 0 Å². The predicted molar refractivity (Wildman–Crippen MR) is 132 cm³/mol. The van der Waals surface area contributed by atoms with Gasteiger partial charge in [0.05, 0.1) is 39.6 Å². The van der Waals surface area contributed by atoms with Crippen LogP contribution in [0, 0.1) is 0 Å². The molecule has 0 radical (unpaired) electrons. The third-order valence-corrected chi connectivity index (χ3v) is 4.79. The third kappa shape index (κ3) is 12.5. The van der Waals surface area contributed by atoms with Crippen LogP contribution in [-0.4, -0.2) is 75.1 Å². The zero-order chi connectivity index (χ0) is 26.2.